The normalized spacial score (nSPS) is 14.5. The van der Waals surface area contributed by atoms with Gasteiger partial charge >= 0.3 is 0 Å². The van der Waals surface area contributed by atoms with E-state index in [1.807, 2.05) is 38.1 Å². The van der Waals surface area contributed by atoms with Gasteiger partial charge in [-0.25, -0.2) is 9.97 Å². The Balaban J connectivity index is 1.78. The molecule has 0 aliphatic carbocycles. The molecule has 6 heteroatoms. The molecule has 24 heavy (non-hydrogen) atoms. The molecule has 0 bridgehead atoms. The van der Waals surface area contributed by atoms with Crippen LogP contribution in [-0.2, 0) is 4.74 Å². The first-order valence-electron chi connectivity index (χ1n) is 8.22. The van der Waals surface area contributed by atoms with Gasteiger partial charge in [-0.2, -0.15) is 0 Å². The van der Waals surface area contributed by atoms with E-state index in [1.165, 1.54) is 0 Å². The number of ether oxygens (including phenoxy) is 1. The Labute approximate surface area is 142 Å². The van der Waals surface area contributed by atoms with Crippen LogP contribution in [-0.4, -0.2) is 48.7 Å². The van der Waals surface area contributed by atoms with Crippen molar-refractivity contribution in [1.29, 1.82) is 0 Å². The first-order valence-corrected chi connectivity index (χ1v) is 8.22. The van der Waals surface area contributed by atoms with Crippen LogP contribution in [0.2, 0.25) is 0 Å². The molecule has 3 rings (SSSR count). The standard InChI is InChI=1S/C18H22N4O2/c1-3-22(15-6-4-5-14(2)11-15)18(23)16-12-20-17(13-19-16)21-7-9-24-10-8-21/h4-6,11-13H,3,7-10H2,1-2H3. The number of anilines is 2. The maximum absolute atomic E-state index is 12.8. The van der Waals surface area contributed by atoms with E-state index < -0.39 is 0 Å². The number of hydrogen-bond donors (Lipinski definition) is 0. The van der Waals surface area contributed by atoms with Crippen molar-refractivity contribution in [1.82, 2.24) is 9.97 Å². The maximum atomic E-state index is 12.8. The van der Waals surface area contributed by atoms with E-state index in [1.54, 1.807) is 17.3 Å². The number of morpholine rings is 1. The predicted molar refractivity (Wildman–Crippen MR) is 93.6 cm³/mol. The highest BCUT2D eigenvalue weighted by Gasteiger charge is 2.19. The summed E-state index contributed by atoms with van der Waals surface area (Å²) >= 11 is 0. The van der Waals surface area contributed by atoms with Crippen molar-refractivity contribution < 1.29 is 9.53 Å². The number of carbonyl (C=O) groups excluding carboxylic acids is 1. The van der Waals surface area contributed by atoms with Crippen molar-refractivity contribution in [3.8, 4) is 0 Å². The van der Waals surface area contributed by atoms with Crippen molar-refractivity contribution in [3.63, 3.8) is 0 Å². The summed E-state index contributed by atoms with van der Waals surface area (Å²) in [5.74, 6) is 0.651. The Morgan fingerprint density at radius 2 is 2.04 bits per heavy atom. The van der Waals surface area contributed by atoms with Crippen LogP contribution in [0.5, 0.6) is 0 Å². The lowest BCUT2D eigenvalue weighted by atomic mass is 10.2. The minimum absolute atomic E-state index is 0.135. The lowest BCUT2D eigenvalue weighted by Gasteiger charge is -2.27. The smallest absolute Gasteiger partial charge is 0.278 e. The SMILES string of the molecule is CCN(C(=O)c1cnc(N2CCOCC2)cn1)c1cccc(C)c1. The second-order valence-electron chi connectivity index (χ2n) is 5.75. The average molecular weight is 326 g/mol. The molecule has 6 nitrogen and oxygen atoms in total. The average Bonchev–Trinajstić information content (AvgIpc) is 2.63. The third-order valence-corrected chi connectivity index (χ3v) is 4.07. The fraction of sp³-hybridized carbons (Fsp3) is 0.389. The molecule has 1 amide bonds. The zero-order valence-corrected chi connectivity index (χ0v) is 14.1. The molecule has 1 saturated heterocycles. The molecule has 126 valence electrons. The highest BCUT2D eigenvalue weighted by molar-refractivity contribution is 6.04. The van der Waals surface area contributed by atoms with Gasteiger partial charge in [0.15, 0.2) is 0 Å². The Hall–Kier alpha value is -2.47. The zero-order valence-electron chi connectivity index (χ0n) is 14.1. The Morgan fingerprint density at radius 1 is 1.25 bits per heavy atom. The number of carbonyl (C=O) groups is 1. The molecule has 0 radical (unpaired) electrons. The van der Waals surface area contributed by atoms with E-state index in [2.05, 4.69) is 14.9 Å². The number of aryl methyl sites for hydroxylation is 1. The molecule has 1 aromatic heterocycles. The van der Waals surface area contributed by atoms with Crippen LogP contribution < -0.4 is 9.80 Å². The van der Waals surface area contributed by atoms with Crippen molar-refractivity contribution in [2.75, 3.05) is 42.6 Å². The van der Waals surface area contributed by atoms with Gasteiger partial charge in [-0.1, -0.05) is 12.1 Å². The van der Waals surface area contributed by atoms with Crippen molar-refractivity contribution in [2.24, 2.45) is 0 Å². The number of amides is 1. The van der Waals surface area contributed by atoms with Crippen LogP contribution in [0.1, 0.15) is 23.0 Å². The molecule has 0 N–H and O–H groups in total. The second-order valence-corrected chi connectivity index (χ2v) is 5.75. The summed E-state index contributed by atoms with van der Waals surface area (Å²) in [6, 6.07) is 7.90. The lowest BCUT2D eigenvalue weighted by molar-refractivity contribution is 0.0983. The summed E-state index contributed by atoms with van der Waals surface area (Å²) in [6.45, 7) is 7.53. The fourth-order valence-corrected chi connectivity index (χ4v) is 2.76. The topological polar surface area (TPSA) is 58.6 Å². The van der Waals surface area contributed by atoms with Crippen LogP contribution >= 0.6 is 0 Å². The van der Waals surface area contributed by atoms with E-state index in [-0.39, 0.29) is 5.91 Å². The predicted octanol–water partition coefficient (Wildman–Crippen LogP) is 2.29. The van der Waals surface area contributed by atoms with Gasteiger partial charge in [0.05, 0.1) is 25.6 Å². The van der Waals surface area contributed by atoms with E-state index in [9.17, 15) is 4.79 Å². The zero-order chi connectivity index (χ0) is 16.9. The Bertz CT molecular complexity index is 696. The highest BCUT2D eigenvalue weighted by atomic mass is 16.5. The van der Waals surface area contributed by atoms with Crippen LogP contribution in [0.4, 0.5) is 11.5 Å². The molecule has 2 aromatic rings. The third-order valence-electron chi connectivity index (χ3n) is 4.07. The molecule has 0 unspecified atom stereocenters. The number of rotatable bonds is 4. The van der Waals surface area contributed by atoms with Crippen LogP contribution in [0.3, 0.4) is 0 Å². The molecule has 2 heterocycles. The van der Waals surface area contributed by atoms with Crippen molar-refractivity contribution >= 4 is 17.4 Å². The number of hydrogen-bond acceptors (Lipinski definition) is 5. The minimum atomic E-state index is -0.135. The third kappa shape index (κ3) is 3.54. The van der Waals surface area contributed by atoms with E-state index in [0.717, 1.165) is 30.2 Å². The van der Waals surface area contributed by atoms with Gasteiger partial charge in [0.1, 0.15) is 11.5 Å². The van der Waals surface area contributed by atoms with E-state index in [4.69, 9.17) is 4.74 Å². The van der Waals surface area contributed by atoms with Gasteiger partial charge in [0.25, 0.3) is 5.91 Å². The van der Waals surface area contributed by atoms with E-state index in [0.29, 0.717) is 25.5 Å². The Kier molecular flexibility index (Phi) is 5.05. The van der Waals surface area contributed by atoms with Gasteiger partial charge < -0.3 is 14.5 Å². The second kappa shape index (κ2) is 7.40. The van der Waals surface area contributed by atoms with Gasteiger partial charge in [0, 0.05) is 25.3 Å². The first-order chi connectivity index (χ1) is 11.7. The number of nitrogens with zero attached hydrogens (tertiary/aromatic N) is 4. The molecule has 0 saturated carbocycles. The maximum Gasteiger partial charge on any atom is 0.278 e. The Morgan fingerprint density at radius 3 is 2.67 bits per heavy atom. The quantitative estimate of drug-likeness (QED) is 0.863. The van der Waals surface area contributed by atoms with E-state index >= 15 is 0 Å². The van der Waals surface area contributed by atoms with Crippen molar-refractivity contribution in [3.05, 3.63) is 47.9 Å². The summed E-state index contributed by atoms with van der Waals surface area (Å²) < 4.78 is 5.34. The molecule has 1 fully saturated rings. The van der Waals surface area contributed by atoms with Crippen LogP contribution in [0.15, 0.2) is 36.7 Å². The first kappa shape index (κ1) is 16.4. The lowest BCUT2D eigenvalue weighted by Crippen LogP contribution is -2.37. The van der Waals surface area contributed by atoms with Gasteiger partial charge in [-0.15, -0.1) is 0 Å². The molecular weight excluding hydrogens is 304 g/mol. The number of aromatic nitrogens is 2. The van der Waals surface area contributed by atoms with Crippen LogP contribution in [0.25, 0.3) is 0 Å². The summed E-state index contributed by atoms with van der Waals surface area (Å²) in [6.07, 6.45) is 3.23. The molecule has 1 aromatic carbocycles. The fourth-order valence-electron chi connectivity index (χ4n) is 2.76. The molecule has 1 aliphatic rings. The summed E-state index contributed by atoms with van der Waals surface area (Å²) in [5.41, 5.74) is 2.35. The summed E-state index contributed by atoms with van der Waals surface area (Å²) in [4.78, 5) is 25.3. The number of benzene rings is 1. The largest absolute Gasteiger partial charge is 0.378 e. The minimum Gasteiger partial charge on any atom is -0.378 e. The van der Waals surface area contributed by atoms with Crippen molar-refractivity contribution in [2.45, 2.75) is 13.8 Å². The molecule has 0 atom stereocenters. The van der Waals surface area contributed by atoms with Crippen LogP contribution in [0, 0.1) is 6.92 Å². The monoisotopic (exact) mass is 326 g/mol. The summed E-state index contributed by atoms with van der Waals surface area (Å²) in [5, 5.41) is 0. The highest BCUT2D eigenvalue weighted by Crippen LogP contribution is 2.18. The molecular formula is C18H22N4O2. The van der Waals surface area contributed by atoms with Gasteiger partial charge in [-0.05, 0) is 31.5 Å². The summed E-state index contributed by atoms with van der Waals surface area (Å²) in [7, 11) is 0. The van der Waals surface area contributed by atoms with Gasteiger partial charge in [-0.3, -0.25) is 4.79 Å². The molecule has 1 aliphatic heterocycles. The molecule has 0 spiro atoms. The van der Waals surface area contributed by atoms with Gasteiger partial charge in [0.2, 0.25) is 0 Å².